The number of hydrogen-bond acceptors (Lipinski definition) is 1. The second kappa shape index (κ2) is 5.15. The zero-order chi connectivity index (χ0) is 15.0. The van der Waals surface area contributed by atoms with Crippen molar-refractivity contribution in [2.24, 2.45) is 0 Å². The highest BCUT2D eigenvalue weighted by atomic mass is 35.5. The lowest BCUT2D eigenvalue weighted by atomic mass is 9.57. The van der Waals surface area contributed by atoms with Gasteiger partial charge in [-0.15, -0.1) is 0 Å². The van der Waals surface area contributed by atoms with Crippen molar-refractivity contribution in [1.82, 2.24) is 0 Å². The molecule has 0 saturated heterocycles. The van der Waals surface area contributed by atoms with E-state index in [9.17, 15) is 14.3 Å². The van der Waals surface area contributed by atoms with Crippen molar-refractivity contribution in [2.45, 2.75) is 24.2 Å². The summed E-state index contributed by atoms with van der Waals surface area (Å²) >= 11 is 5.79. The van der Waals surface area contributed by atoms with E-state index in [2.05, 4.69) is 0 Å². The minimum Gasteiger partial charge on any atom is -0.481 e. The van der Waals surface area contributed by atoms with Crippen molar-refractivity contribution >= 4 is 17.6 Å². The first-order valence-electron chi connectivity index (χ1n) is 6.77. The van der Waals surface area contributed by atoms with Gasteiger partial charge in [0.15, 0.2) is 0 Å². The van der Waals surface area contributed by atoms with Crippen LogP contribution >= 0.6 is 11.6 Å². The number of carboxylic acid groups (broad SMARTS) is 1. The van der Waals surface area contributed by atoms with Gasteiger partial charge in [0.1, 0.15) is 5.82 Å². The lowest BCUT2D eigenvalue weighted by molar-refractivity contribution is -0.148. The molecule has 1 N–H and O–H groups in total. The van der Waals surface area contributed by atoms with Crippen molar-refractivity contribution in [2.75, 3.05) is 0 Å². The van der Waals surface area contributed by atoms with E-state index in [0.29, 0.717) is 12.8 Å². The zero-order valence-electron chi connectivity index (χ0n) is 11.2. The molecule has 108 valence electrons. The second-order valence-corrected chi connectivity index (χ2v) is 5.91. The average Bonchev–Trinajstić information content (AvgIpc) is 2.43. The summed E-state index contributed by atoms with van der Waals surface area (Å²) in [6.07, 6.45) is 0.785. The van der Waals surface area contributed by atoms with Crippen molar-refractivity contribution in [1.29, 1.82) is 0 Å². The molecule has 0 amide bonds. The van der Waals surface area contributed by atoms with Gasteiger partial charge in [-0.1, -0.05) is 54.1 Å². The fraction of sp³-hybridized carbons (Fsp3) is 0.235. The quantitative estimate of drug-likeness (QED) is 0.913. The first-order valence-corrected chi connectivity index (χ1v) is 7.15. The first kappa shape index (κ1) is 14.1. The smallest absolute Gasteiger partial charge is 0.314 e. The number of aliphatic carboxylic acids is 1. The highest BCUT2D eigenvalue weighted by molar-refractivity contribution is 6.30. The largest absolute Gasteiger partial charge is 0.481 e. The van der Waals surface area contributed by atoms with Crippen molar-refractivity contribution in [3.8, 4) is 0 Å². The standard InChI is InChI=1S/C17H14ClFO2/c18-14-8-4-7-13(15(14)19)17(16(20)21)9-12(10-17)11-5-2-1-3-6-11/h1-8,12H,9-10H2,(H,20,21). The molecular formula is C17H14ClFO2. The Balaban J connectivity index is 1.95. The fourth-order valence-corrected chi connectivity index (χ4v) is 3.30. The van der Waals surface area contributed by atoms with Crippen LogP contribution in [-0.4, -0.2) is 11.1 Å². The Hall–Kier alpha value is -1.87. The zero-order valence-corrected chi connectivity index (χ0v) is 12.0. The van der Waals surface area contributed by atoms with Crippen LogP contribution in [0.2, 0.25) is 5.02 Å². The van der Waals surface area contributed by atoms with E-state index < -0.39 is 17.2 Å². The van der Waals surface area contributed by atoms with Crippen LogP contribution < -0.4 is 0 Å². The van der Waals surface area contributed by atoms with E-state index in [-0.39, 0.29) is 16.5 Å². The number of rotatable bonds is 3. The monoisotopic (exact) mass is 304 g/mol. The molecule has 0 aromatic heterocycles. The van der Waals surface area contributed by atoms with Gasteiger partial charge in [0.25, 0.3) is 0 Å². The van der Waals surface area contributed by atoms with Gasteiger partial charge in [-0.05, 0) is 30.4 Å². The Morgan fingerprint density at radius 1 is 1.14 bits per heavy atom. The minimum atomic E-state index is -1.17. The number of halogens is 2. The third-order valence-electron chi connectivity index (χ3n) is 4.34. The van der Waals surface area contributed by atoms with Gasteiger partial charge >= 0.3 is 5.97 Å². The summed E-state index contributed by atoms with van der Waals surface area (Å²) in [7, 11) is 0. The summed E-state index contributed by atoms with van der Waals surface area (Å²) in [5, 5.41) is 9.58. The van der Waals surface area contributed by atoms with Gasteiger partial charge in [-0.25, -0.2) is 4.39 Å². The van der Waals surface area contributed by atoms with Gasteiger partial charge in [0, 0.05) is 5.56 Å². The topological polar surface area (TPSA) is 37.3 Å². The number of hydrogen-bond donors (Lipinski definition) is 1. The van der Waals surface area contributed by atoms with E-state index in [0.717, 1.165) is 5.56 Å². The molecule has 2 aromatic rings. The summed E-state index contributed by atoms with van der Waals surface area (Å²) in [5.74, 6) is -1.47. The lowest BCUT2D eigenvalue weighted by Gasteiger charge is -2.45. The van der Waals surface area contributed by atoms with Crippen molar-refractivity contribution < 1.29 is 14.3 Å². The molecule has 1 aliphatic rings. The summed E-state index contributed by atoms with van der Waals surface area (Å²) in [6, 6.07) is 14.3. The molecule has 0 heterocycles. The minimum absolute atomic E-state index is 0.0312. The van der Waals surface area contributed by atoms with Crippen LogP contribution in [0, 0.1) is 5.82 Å². The Morgan fingerprint density at radius 2 is 1.81 bits per heavy atom. The SMILES string of the molecule is O=C(O)C1(c2cccc(Cl)c2F)CC(c2ccccc2)C1. The number of carboxylic acids is 1. The third-order valence-corrected chi connectivity index (χ3v) is 4.63. The summed E-state index contributed by atoms with van der Waals surface area (Å²) in [4.78, 5) is 11.7. The van der Waals surface area contributed by atoms with Crippen LogP contribution in [0.1, 0.15) is 29.9 Å². The first-order chi connectivity index (χ1) is 10.0. The molecule has 0 unspecified atom stereocenters. The molecule has 0 aliphatic heterocycles. The van der Waals surface area contributed by atoms with Gasteiger partial charge < -0.3 is 5.11 Å². The molecule has 0 bridgehead atoms. The molecule has 3 rings (SSSR count). The van der Waals surface area contributed by atoms with E-state index >= 15 is 0 Å². The van der Waals surface area contributed by atoms with Gasteiger partial charge in [0.05, 0.1) is 10.4 Å². The molecule has 1 saturated carbocycles. The normalized spacial score (nSPS) is 24.4. The molecule has 0 atom stereocenters. The maximum Gasteiger partial charge on any atom is 0.314 e. The summed E-state index contributed by atoms with van der Waals surface area (Å²) in [6.45, 7) is 0. The fourth-order valence-electron chi connectivity index (χ4n) is 3.13. The Morgan fingerprint density at radius 3 is 2.43 bits per heavy atom. The molecule has 21 heavy (non-hydrogen) atoms. The highest BCUT2D eigenvalue weighted by Crippen LogP contribution is 2.53. The third kappa shape index (κ3) is 2.22. The van der Waals surface area contributed by atoms with Crippen LogP contribution in [0.3, 0.4) is 0 Å². The highest BCUT2D eigenvalue weighted by Gasteiger charge is 2.53. The molecule has 1 aliphatic carbocycles. The van der Waals surface area contributed by atoms with E-state index in [1.807, 2.05) is 30.3 Å². The molecule has 2 nitrogen and oxygen atoms in total. The van der Waals surface area contributed by atoms with E-state index in [1.165, 1.54) is 12.1 Å². The van der Waals surface area contributed by atoms with Gasteiger partial charge in [0.2, 0.25) is 0 Å². The maximum absolute atomic E-state index is 14.2. The second-order valence-electron chi connectivity index (χ2n) is 5.50. The van der Waals surface area contributed by atoms with Crippen LogP contribution in [0.5, 0.6) is 0 Å². The van der Waals surface area contributed by atoms with Crippen LogP contribution in [-0.2, 0) is 10.2 Å². The molecule has 2 aromatic carbocycles. The number of carbonyl (C=O) groups is 1. The van der Waals surface area contributed by atoms with Crippen LogP contribution in [0.4, 0.5) is 4.39 Å². The Kier molecular flexibility index (Phi) is 3.46. The van der Waals surface area contributed by atoms with Crippen LogP contribution in [0.25, 0.3) is 0 Å². The predicted octanol–water partition coefficient (Wildman–Crippen LogP) is 4.38. The van der Waals surface area contributed by atoms with E-state index in [1.54, 1.807) is 6.07 Å². The average molecular weight is 305 g/mol. The molecule has 4 heteroatoms. The molecule has 1 fully saturated rings. The molecular weight excluding hydrogens is 291 g/mol. The number of benzene rings is 2. The van der Waals surface area contributed by atoms with Crippen molar-refractivity contribution in [3.05, 3.63) is 70.5 Å². The van der Waals surface area contributed by atoms with Crippen molar-refractivity contribution in [3.63, 3.8) is 0 Å². The molecule has 0 radical (unpaired) electrons. The maximum atomic E-state index is 14.2. The van der Waals surface area contributed by atoms with E-state index in [4.69, 9.17) is 11.6 Å². The summed E-state index contributed by atoms with van der Waals surface area (Å²) < 4.78 is 14.2. The molecule has 0 spiro atoms. The Labute approximate surface area is 127 Å². The lowest BCUT2D eigenvalue weighted by Crippen LogP contribution is -2.47. The summed E-state index contributed by atoms with van der Waals surface area (Å²) in [5.41, 5.74) is 0.113. The predicted molar refractivity (Wildman–Crippen MR) is 79.1 cm³/mol. The van der Waals surface area contributed by atoms with Gasteiger partial charge in [-0.2, -0.15) is 0 Å². The Bertz CT molecular complexity index is 678. The van der Waals surface area contributed by atoms with Gasteiger partial charge in [-0.3, -0.25) is 4.79 Å². The van der Waals surface area contributed by atoms with Crippen LogP contribution in [0.15, 0.2) is 48.5 Å².